The molecule has 3 rings (SSSR count). The monoisotopic (exact) mass is 536 g/mol. The third-order valence-electron chi connectivity index (χ3n) is 4.64. The van der Waals surface area contributed by atoms with Gasteiger partial charge in [0.05, 0.1) is 5.56 Å². The minimum absolute atomic E-state index is 0. The van der Waals surface area contributed by atoms with Gasteiger partial charge >= 0.3 is 0 Å². The third-order valence-corrected chi connectivity index (χ3v) is 4.64. The number of amides is 2. The lowest BCUT2D eigenvalue weighted by Crippen LogP contribution is -2.32. The van der Waals surface area contributed by atoms with Gasteiger partial charge in [0.2, 0.25) is 5.91 Å². The summed E-state index contributed by atoms with van der Waals surface area (Å²) in [7, 11) is 0. The van der Waals surface area contributed by atoms with Crippen LogP contribution in [0.2, 0.25) is 0 Å². The number of nitrogens with one attached hydrogen (secondary N) is 2. The number of nitrogens with zero attached hydrogens (tertiary/aromatic N) is 1. The van der Waals surface area contributed by atoms with Gasteiger partial charge in [-0.1, -0.05) is 128 Å². The number of carbonyl (C=O) groups excluding carboxylic acids is 2. The number of carbonyl (C=O) groups is 2. The van der Waals surface area contributed by atoms with Crippen molar-refractivity contribution in [2.24, 2.45) is 0 Å². The molecule has 0 aliphatic carbocycles. The number of hydrogen-bond acceptors (Lipinski definition) is 2. The molecule has 0 saturated heterocycles. The van der Waals surface area contributed by atoms with E-state index in [2.05, 4.69) is 21.3 Å². The van der Waals surface area contributed by atoms with Gasteiger partial charge in [0, 0.05) is 49.6 Å². The van der Waals surface area contributed by atoms with E-state index in [4.69, 9.17) is 0 Å². The maximum atomic E-state index is 12.3. The van der Waals surface area contributed by atoms with E-state index in [1.54, 1.807) is 6.92 Å². The zero-order valence-electron chi connectivity index (χ0n) is 14.2. The molecular weight excluding hydrogens is 458 g/mol. The average molecular weight is 536 g/mol. The molecule has 0 unspecified atom stereocenters. The van der Waals surface area contributed by atoms with Crippen molar-refractivity contribution in [3.05, 3.63) is 35.5 Å². The summed E-state index contributed by atoms with van der Waals surface area (Å²) in [6.45, 7) is 3.98. The molecule has 1 aromatic heterocycles. The second-order valence-electron chi connectivity index (χ2n) is 6.39. The fraction of sp³-hybridized carbons (Fsp3) is 0.688. The molecule has 1 aliphatic heterocycles. The molecule has 2 heterocycles. The van der Waals surface area contributed by atoms with E-state index < -0.39 is 0 Å². The van der Waals surface area contributed by atoms with Crippen LogP contribution in [-0.4, -0.2) is 29.5 Å². The Balaban J connectivity index is -0.0000000578. The Bertz CT molecular complexity index is 752. The second kappa shape index (κ2) is 33.7. The van der Waals surface area contributed by atoms with Gasteiger partial charge in [-0.2, -0.15) is 0 Å². The number of aromatic nitrogens is 1. The van der Waals surface area contributed by atoms with E-state index in [0.717, 1.165) is 68.2 Å². The number of rotatable bonds is 7. The molecule has 1 aromatic carbocycles. The van der Waals surface area contributed by atoms with Gasteiger partial charge in [-0.3, -0.25) is 9.59 Å². The van der Waals surface area contributed by atoms with Gasteiger partial charge in [0.25, 0.3) is 5.91 Å². The number of benzene rings is 1. The molecular formula is C32H77N3O2. The van der Waals surface area contributed by atoms with E-state index in [1.165, 1.54) is 5.69 Å². The Morgan fingerprint density at radius 2 is 1.32 bits per heavy atom. The molecule has 0 bridgehead atoms. The Morgan fingerprint density at radius 3 is 1.86 bits per heavy atom. The largest absolute Gasteiger partial charge is 0.356 e. The quantitative estimate of drug-likeness (QED) is 0.346. The lowest BCUT2D eigenvalue weighted by atomic mass is 10.1. The first-order chi connectivity index (χ1) is 11.7. The summed E-state index contributed by atoms with van der Waals surface area (Å²) < 4.78 is 2.33. The van der Waals surface area contributed by atoms with Crippen LogP contribution in [0.15, 0.2) is 24.3 Å². The minimum Gasteiger partial charge on any atom is -0.356 e. The molecule has 1 aliphatic rings. The molecule has 0 atom stereocenters. The van der Waals surface area contributed by atoms with Gasteiger partial charge in [0.1, 0.15) is 0 Å². The zero-order chi connectivity index (χ0) is 16.9. The van der Waals surface area contributed by atoms with Crippen molar-refractivity contribution in [1.82, 2.24) is 15.2 Å². The molecule has 5 nitrogen and oxygen atoms in total. The highest BCUT2D eigenvalue weighted by Crippen LogP contribution is 2.29. The molecule has 0 spiro atoms. The maximum absolute atomic E-state index is 12.3. The van der Waals surface area contributed by atoms with Crippen molar-refractivity contribution >= 4 is 22.7 Å². The van der Waals surface area contributed by atoms with Crippen LogP contribution in [0.4, 0.5) is 0 Å². The van der Waals surface area contributed by atoms with Crippen molar-refractivity contribution < 1.29 is 9.59 Å². The summed E-state index contributed by atoms with van der Waals surface area (Å²) >= 11 is 0. The van der Waals surface area contributed by atoms with Crippen LogP contribution in [-0.2, 0) is 17.8 Å². The molecule has 2 aromatic rings. The first-order valence-corrected chi connectivity index (χ1v) is 8.81. The zero-order valence-corrected chi connectivity index (χ0v) is 14.2. The van der Waals surface area contributed by atoms with Crippen molar-refractivity contribution in [3.63, 3.8) is 0 Å². The van der Waals surface area contributed by atoms with Crippen LogP contribution >= 0.6 is 0 Å². The van der Waals surface area contributed by atoms with Gasteiger partial charge in [-0.15, -0.1) is 0 Å². The molecule has 5 heteroatoms. The third kappa shape index (κ3) is 16.9. The Labute approximate surface area is 238 Å². The van der Waals surface area contributed by atoms with Gasteiger partial charge in [0.15, 0.2) is 0 Å². The SMILES string of the molecule is C.C.C.C.C.C.C.C.C.C.C.C.C.CC(=O)NCCCCCCn1c2c(c3ccccc31)C(=O)NCC2. The second-order valence-corrected chi connectivity index (χ2v) is 6.39. The van der Waals surface area contributed by atoms with Crippen LogP contribution in [0.25, 0.3) is 10.9 Å². The number of para-hydroxylation sites is 1. The summed E-state index contributed by atoms with van der Waals surface area (Å²) in [5, 5.41) is 6.85. The molecule has 37 heavy (non-hydrogen) atoms. The van der Waals surface area contributed by atoms with Crippen LogP contribution < -0.4 is 10.6 Å². The smallest absolute Gasteiger partial charge is 0.253 e. The van der Waals surface area contributed by atoms with Crippen molar-refractivity contribution in [2.45, 2.75) is 142 Å². The molecule has 2 N–H and O–H groups in total. The van der Waals surface area contributed by atoms with E-state index >= 15 is 0 Å². The standard InChI is InChI=1S/C19H25N3O2.13CH4/c1-14(23)20-11-6-2-3-7-13-22-16-9-5-4-8-15(16)18-17(22)10-12-21-19(18)24;;;;;;;;;;;;;/h4-5,8-9H,2-3,6-7,10-13H2,1H3,(H,20,23)(H,21,24);13*1H4. The Hall–Kier alpha value is -2.30. The molecule has 0 saturated carbocycles. The molecule has 232 valence electrons. The fourth-order valence-corrected chi connectivity index (χ4v) is 3.52. The topological polar surface area (TPSA) is 63.1 Å². The van der Waals surface area contributed by atoms with Crippen LogP contribution in [0.1, 0.15) is 145 Å². The number of fused-ring (bicyclic) bond motifs is 3. The van der Waals surface area contributed by atoms with Gasteiger partial charge < -0.3 is 15.2 Å². The highest BCUT2D eigenvalue weighted by Gasteiger charge is 2.24. The minimum atomic E-state index is 0. The van der Waals surface area contributed by atoms with Crippen molar-refractivity contribution in [3.8, 4) is 0 Å². The lowest BCUT2D eigenvalue weighted by molar-refractivity contribution is -0.118. The molecule has 0 radical (unpaired) electrons. The highest BCUT2D eigenvalue weighted by molar-refractivity contribution is 6.09. The maximum Gasteiger partial charge on any atom is 0.253 e. The normalized spacial score (nSPS) is 8.84. The summed E-state index contributed by atoms with van der Waals surface area (Å²) in [6.07, 6.45) is 5.26. The van der Waals surface area contributed by atoms with E-state index in [9.17, 15) is 9.59 Å². The number of unbranched alkanes of at least 4 members (excludes halogenated alkanes) is 3. The van der Waals surface area contributed by atoms with Crippen LogP contribution in [0, 0.1) is 0 Å². The molecule has 2 amide bonds. The molecule has 0 fully saturated rings. The first-order valence-electron chi connectivity index (χ1n) is 8.81. The first kappa shape index (κ1) is 70.2. The Kier molecular flexibility index (Phi) is 63.9. The highest BCUT2D eigenvalue weighted by atomic mass is 16.2. The predicted octanol–water partition coefficient (Wildman–Crippen LogP) is 10.9. The van der Waals surface area contributed by atoms with Crippen LogP contribution in [0.5, 0.6) is 0 Å². The van der Waals surface area contributed by atoms with Crippen LogP contribution in [0.3, 0.4) is 0 Å². The van der Waals surface area contributed by atoms with Gasteiger partial charge in [-0.25, -0.2) is 0 Å². The average Bonchev–Trinajstić information content (AvgIpc) is 2.89. The summed E-state index contributed by atoms with van der Waals surface area (Å²) in [4.78, 5) is 23.1. The van der Waals surface area contributed by atoms with E-state index in [-0.39, 0.29) is 108 Å². The Morgan fingerprint density at radius 1 is 0.811 bits per heavy atom. The lowest BCUT2D eigenvalue weighted by Gasteiger charge is -2.16. The summed E-state index contributed by atoms with van der Waals surface area (Å²) in [6, 6.07) is 8.19. The summed E-state index contributed by atoms with van der Waals surface area (Å²) in [5.41, 5.74) is 3.21. The number of aryl methyl sites for hydroxylation is 1. The van der Waals surface area contributed by atoms with E-state index in [1.807, 2.05) is 18.2 Å². The summed E-state index contributed by atoms with van der Waals surface area (Å²) in [5.74, 6) is 0.0974. The van der Waals surface area contributed by atoms with Gasteiger partial charge in [-0.05, 0) is 18.9 Å². The van der Waals surface area contributed by atoms with Crippen molar-refractivity contribution in [2.75, 3.05) is 13.1 Å². The van der Waals surface area contributed by atoms with E-state index in [0.29, 0.717) is 0 Å². The fourth-order valence-electron chi connectivity index (χ4n) is 3.52. The predicted molar refractivity (Wildman–Crippen MR) is 183 cm³/mol. The van der Waals surface area contributed by atoms with Crippen molar-refractivity contribution in [1.29, 1.82) is 0 Å². The number of hydrogen-bond donors (Lipinski definition) is 2.